The van der Waals surface area contributed by atoms with Crippen LogP contribution >= 0.6 is 0 Å². The van der Waals surface area contributed by atoms with Crippen molar-refractivity contribution in [3.63, 3.8) is 0 Å². The first-order valence-corrected chi connectivity index (χ1v) is 13.0. The Balaban J connectivity index is 1.24. The Labute approximate surface area is 222 Å². The highest BCUT2D eigenvalue weighted by Gasteiger charge is 2.22. The van der Waals surface area contributed by atoms with Crippen LogP contribution in [0.15, 0.2) is 30.6 Å². The van der Waals surface area contributed by atoms with E-state index < -0.39 is 0 Å². The summed E-state index contributed by atoms with van der Waals surface area (Å²) in [7, 11) is 0. The topological polar surface area (TPSA) is 118 Å². The molecule has 0 saturated carbocycles. The first-order valence-electron chi connectivity index (χ1n) is 13.0. The highest BCUT2D eigenvalue weighted by atomic mass is 16.5. The molecule has 3 aromatic rings. The van der Waals surface area contributed by atoms with Crippen molar-refractivity contribution >= 4 is 17.5 Å². The van der Waals surface area contributed by atoms with E-state index in [-0.39, 0.29) is 18.6 Å². The van der Waals surface area contributed by atoms with Crippen molar-refractivity contribution in [3.05, 3.63) is 53.0 Å². The van der Waals surface area contributed by atoms with Gasteiger partial charge in [-0.2, -0.15) is 10.1 Å². The number of anilines is 2. The van der Waals surface area contributed by atoms with Gasteiger partial charge in [0, 0.05) is 62.4 Å². The number of aliphatic hydroxyl groups excluding tert-OH is 1. The van der Waals surface area contributed by atoms with Crippen LogP contribution in [0.1, 0.15) is 28.8 Å². The number of ether oxygens (including phenoxy) is 2. The van der Waals surface area contributed by atoms with Crippen molar-refractivity contribution < 1.29 is 19.4 Å². The molecule has 0 aliphatic carbocycles. The lowest BCUT2D eigenvalue weighted by molar-refractivity contribution is -0.137. The molecular formula is C27H35N7O4. The van der Waals surface area contributed by atoms with E-state index in [1.54, 1.807) is 15.8 Å². The molecule has 11 heteroatoms. The number of amides is 1. The minimum atomic E-state index is -0.244. The van der Waals surface area contributed by atoms with Crippen molar-refractivity contribution in [2.24, 2.45) is 0 Å². The Bertz CT molecular complexity index is 1270. The average molecular weight is 522 g/mol. The summed E-state index contributed by atoms with van der Waals surface area (Å²) in [6.45, 7) is 10.6. The number of likely N-dealkylation sites (tertiary alicyclic amines) is 1. The number of hydrogen-bond donors (Lipinski definition) is 2. The number of aliphatic hydroxyl groups is 1. The Kier molecular flexibility index (Phi) is 7.87. The van der Waals surface area contributed by atoms with Crippen LogP contribution in [0.2, 0.25) is 0 Å². The van der Waals surface area contributed by atoms with E-state index in [0.717, 1.165) is 47.6 Å². The van der Waals surface area contributed by atoms with E-state index in [9.17, 15) is 9.90 Å². The lowest BCUT2D eigenvalue weighted by Gasteiger charge is -2.27. The van der Waals surface area contributed by atoms with Gasteiger partial charge in [0.15, 0.2) is 12.4 Å². The number of rotatable bonds is 8. The van der Waals surface area contributed by atoms with Gasteiger partial charge < -0.3 is 24.8 Å². The lowest BCUT2D eigenvalue weighted by Crippen LogP contribution is -2.43. The van der Waals surface area contributed by atoms with Crippen molar-refractivity contribution in [1.29, 1.82) is 0 Å². The summed E-state index contributed by atoms with van der Waals surface area (Å²) in [4.78, 5) is 25.5. The number of aromatic nitrogens is 4. The third-order valence-electron chi connectivity index (χ3n) is 6.94. The second-order valence-electron chi connectivity index (χ2n) is 9.95. The Morgan fingerprint density at radius 2 is 1.95 bits per heavy atom. The molecule has 2 aliphatic heterocycles. The third-order valence-corrected chi connectivity index (χ3v) is 6.94. The smallest absolute Gasteiger partial charge is 0.260 e. The number of benzene rings is 1. The number of morpholine rings is 1. The van der Waals surface area contributed by atoms with E-state index in [2.05, 4.69) is 25.3 Å². The molecule has 0 unspecified atom stereocenters. The molecule has 11 nitrogen and oxygen atoms in total. The zero-order valence-corrected chi connectivity index (χ0v) is 22.2. The van der Waals surface area contributed by atoms with Gasteiger partial charge in [-0.1, -0.05) is 0 Å². The number of aryl methyl sites for hydroxylation is 3. The number of nitrogens with one attached hydrogen (secondary N) is 1. The number of nitrogens with zero attached hydrogens (tertiary/aromatic N) is 6. The fourth-order valence-electron chi connectivity index (χ4n) is 4.92. The van der Waals surface area contributed by atoms with Crippen LogP contribution in [0, 0.1) is 20.8 Å². The van der Waals surface area contributed by atoms with E-state index in [0.29, 0.717) is 50.4 Å². The van der Waals surface area contributed by atoms with Crippen LogP contribution in [0.25, 0.3) is 5.82 Å². The van der Waals surface area contributed by atoms with Crippen LogP contribution in [0.3, 0.4) is 0 Å². The maximum Gasteiger partial charge on any atom is 0.260 e. The first kappa shape index (κ1) is 26.1. The summed E-state index contributed by atoms with van der Waals surface area (Å²) >= 11 is 0. The number of carbonyl (C=O) groups excluding carboxylic acids is 1. The summed E-state index contributed by atoms with van der Waals surface area (Å²) in [5, 5.41) is 17.8. The maximum atomic E-state index is 12.5. The minimum absolute atomic E-state index is 0.00320. The second kappa shape index (κ2) is 11.5. The molecule has 2 fully saturated rings. The minimum Gasteiger partial charge on any atom is -0.483 e. The van der Waals surface area contributed by atoms with Gasteiger partial charge in [0.05, 0.1) is 25.0 Å². The zero-order valence-electron chi connectivity index (χ0n) is 22.2. The molecule has 2 aromatic heterocycles. The van der Waals surface area contributed by atoms with E-state index in [4.69, 9.17) is 9.47 Å². The fraction of sp³-hybridized carbons (Fsp3) is 0.481. The molecule has 202 valence electrons. The van der Waals surface area contributed by atoms with E-state index >= 15 is 0 Å². The Morgan fingerprint density at radius 3 is 2.66 bits per heavy atom. The Hall–Kier alpha value is -3.54. The molecular weight excluding hydrogens is 486 g/mol. The van der Waals surface area contributed by atoms with Crippen LogP contribution in [0.4, 0.5) is 11.6 Å². The molecule has 0 radical (unpaired) electrons. The van der Waals surface area contributed by atoms with Crippen LogP contribution in [0.5, 0.6) is 5.75 Å². The number of hydrogen-bond acceptors (Lipinski definition) is 9. The second-order valence-corrected chi connectivity index (χ2v) is 9.95. The molecule has 4 heterocycles. The molecule has 0 bridgehead atoms. The highest BCUT2D eigenvalue weighted by molar-refractivity contribution is 5.78. The van der Waals surface area contributed by atoms with Crippen molar-refractivity contribution in [2.45, 2.75) is 39.8 Å². The predicted molar refractivity (Wildman–Crippen MR) is 142 cm³/mol. The van der Waals surface area contributed by atoms with Crippen molar-refractivity contribution in [3.8, 4) is 11.6 Å². The van der Waals surface area contributed by atoms with Gasteiger partial charge in [-0.3, -0.25) is 9.69 Å². The van der Waals surface area contributed by atoms with Gasteiger partial charge in [0.1, 0.15) is 5.75 Å². The molecule has 0 spiro atoms. The van der Waals surface area contributed by atoms with Crippen LogP contribution in [-0.2, 0) is 16.1 Å². The largest absolute Gasteiger partial charge is 0.483 e. The zero-order chi connectivity index (χ0) is 26.6. The number of β-amino-alcohol motifs (C(OH)–C–C–N with tert-alkyl or cyclic N) is 1. The van der Waals surface area contributed by atoms with E-state index in [1.165, 1.54) is 0 Å². The average Bonchev–Trinajstić information content (AvgIpc) is 3.49. The maximum absolute atomic E-state index is 12.5. The van der Waals surface area contributed by atoms with Gasteiger partial charge in [-0.15, -0.1) is 0 Å². The van der Waals surface area contributed by atoms with Crippen LogP contribution < -0.4 is 10.1 Å². The number of carbonyl (C=O) groups is 1. The SMILES string of the molecule is Cc1cc(Nc2nccc(-n3cc(CN4CC[C@@H](O)C4)c(C)n3)n2)cc(C)c1OCC(=O)N1CCOCC1. The fourth-order valence-corrected chi connectivity index (χ4v) is 4.92. The van der Waals surface area contributed by atoms with E-state index in [1.807, 2.05) is 45.2 Å². The molecule has 1 amide bonds. The summed E-state index contributed by atoms with van der Waals surface area (Å²) < 4.78 is 13.0. The summed E-state index contributed by atoms with van der Waals surface area (Å²) in [5.41, 5.74) is 4.71. The molecule has 1 atom stereocenters. The normalized spacial score (nSPS) is 18.1. The monoisotopic (exact) mass is 521 g/mol. The summed E-state index contributed by atoms with van der Waals surface area (Å²) in [5.74, 6) is 1.79. The molecule has 2 aliphatic rings. The highest BCUT2D eigenvalue weighted by Crippen LogP contribution is 2.28. The third kappa shape index (κ3) is 6.12. The van der Waals surface area contributed by atoms with Gasteiger partial charge in [0.2, 0.25) is 5.95 Å². The summed E-state index contributed by atoms with van der Waals surface area (Å²) in [6, 6.07) is 5.73. The predicted octanol–water partition coefficient (Wildman–Crippen LogP) is 2.14. The van der Waals surface area contributed by atoms with Crippen LogP contribution in [-0.4, -0.2) is 92.7 Å². The lowest BCUT2D eigenvalue weighted by atomic mass is 10.1. The molecule has 2 N–H and O–H groups in total. The molecule has 2 saturated heterocycles. The van der Waals surface area contributed by atoms with Gasteiger partial charge in [-0.05, 0) is 50.5 Å². The molecule has 5 rings (SSSR count). The van der Waals surface area contributed by atoms with Gasteiger partial charge >= 0.3 is 0 Å². The van der Waals surface area contributed by atoms with Gasteiger partial charge in [0.25, 0.3) is 5.91 Å². The summed E-state index contributed by atoms with van der Waals surface area (Å²) in [6.07, 6.45) is 4.26. The van der Waals surface area contributed by atoms with Crippen molar-refractivity contribution in [1.82, 2.24) is 29.5 Å². The molecule has 38 heavy (non-hydrogen) atoms. The van der Waals surface area contributed by atoms with Crippen molar-refractivity contribution in [2.75, 3.05) is 51.3 Å². The quantitative estimate of drug-likeness (QED) is 0.460. The Morgan fingerprint density at radius 1 is 1.18 bits per heavy atom. The molecule has 1 aromatic carbocycles. The van der Waals surface area contributed by atoms with Gasteiger partial charge in [-0.25, -0.2) is 9.67 Å². The standard InChI is InChI=1S/C27H35N7O4/c1-18-12-22(13-19(2)26(18)38-17-25(36)33-8-10-37-11-9-33)29-27-28-6-4-24(30-27)34-15-21(20(3)31-34)14-32-7-5-23(35)16-32/h4,6,12-13,15,23,35H,5,7-11,14,16-17H2,1-3H3,(H,28,29,30)/t23-/m1/s1. The first-order chi connectivity index (χ1) is 18.4.